The van der Waals surface area contributed by atoms with Gasteiger partial charge in [-0.15, -0.1) is 0 Å². The molecule has 0 aliphatic heterocycles. The van der Waals surface area contributed by atoms with Crippen molar-refractivity contribution < 1.29 is 4.39 Å². The molecule has 2 rings (SSSR count). The van der Waals surface area contributed by atoms with Gasteiger partial charge in [-0.1, -0.05) is 11.6 Å². The Labute approximate surface area is 109 Å². The van der Waals surface area contributed by atoms with Crippen LogP contribution in [0.3, 0.4) is 0 Å². The van der Waals surface area contributed by atoms with Gasteiger partial charge in [0.2, 0.25) is 0 Å². The van der Waals surface area contributed by atoms with E-state index < -0.39 is 5.82 Å². The topological polar surface area (TPSA) is 48.7 Å². The minimum atomic E-state index is -0.393. The van der Waals surface area contributed by atoms with Crippen LogP contribution in [0.2, 0.25) is 5.02 Å². The largest absolute Gasteiger partial charge is 0.339 e. The molecule has 0 bridgehead atoms. The summed E-state index contributed by atoms with van der Waals surface area (Å²) in [6, 6.07) is 9.29. The van der Waals surface area contributed by atoms with Crippen LogP contribution in [0.25, 0.3) is 0 Å². The third kappa shape index (κ3) is 2.76. The standard InChI is InChI=1S/C13H9ClFN3/c1-8-4-9(7-16)5-13(17-8)18-12-6-10(15)2-3-11(12)14/h2-6H,1H3,(H,17,18). The van der Waals surface area contributed by atoms with Crippen LogP contribution in [0.5, 0.6) is 0 Å². The summed E-state index contributed by atoms with van der Waals surface area (Å²) in [5.41, 5.74) is 1.60. The van der Waals surface area contributed by atoms with Gasteiger partial charge in [-0.05, 0) is 37.3 Å². The molecular formula is C13H9ClFN3. The second-order valence-electron chi connectivity index (χ2n) is 3.74. The van der Waals surface area contributed by atoms with Crippen LogP contribution in [-0.2, 0) is 0 Å². The van der Waals surface area contributed by atoms with Gasteiger partial charge in [0, 0.05) is 5.69 Å². The molecule has 1 aromatic heterocycles. The maximum absolute atomic E-state index is 13.1. The summed E-state index contributed by atoms with van der Waals surface area (Å²) in [6.07, 6.45) is 0. The Kier molecular flexibility index (Phi) is 3.45. The number of aryl methyl sites for hydroxylation is 1. The van der Waals surface area contributed by atoms with Gasteiger partial charge in [-0.2, -0.15) is 5.26 Å². The zero-order valence-corrected chi connectivity index (χ0v) is 10.3. The van der Waals surface area contributed by atoms with E-state index in [1.807, 2.05) is 6.07 Å². The van der Waals surface area contributed by atoms with Crippen molar-refractivity contribution >= 4 is 23.1 Å². The SMILES string of the molecule is Cc1cc(C#N)cc(Nc2cc(F)ccc2Cl)n1. The van der Waals surface area contributed by atoms with Gasteiger partial charge in [0.25, 0.3) is 0 Å². The Balaban J connectivity index is 2.37. The maximum atomic E-state index is 13.1. The lowest BCUT2D eigenvalue weighted by Crippen LogP contribution is -1.97. The number of rotatable bonds is 2. The molecule has 0 fully saturated rings. The van der Waals surface area contributed by atoms with Crippen LogP contribution in [0.1, 0.15) is 11.3 Å². The third-order valence-electron chi connectivity index (χ3n) is 2.27. The molecule has 0 unspecified atom stereocenters. The smallest absolute Gasteiger partial charge is 0.131 e. The van der Waals surface area contributed by atoms with Crippen molar-refractivity contribution in [2.45, 2.75) is 6.92 Å². The molecule has 18 heavy (non-hydrogen) atoms. The van der Waals surface area contributed by atoms with E-state index in [0.717, 1.165) is 0 Å². The molecule has 1 N–H and O–H groups in total. The van der Waals surface area contributed by atoms with E-state index in [4.69, 9.17) is 16.9 Å². The lowest BCUT2D eigenvalue weighted by molar-refractivity contribution is 0.628. The summed E-state index contributed by atoms with van der Waals surface area (Å²) in [5.74, 6) is 0.0640. The fraction of sp³-hybridized carbons (Fsp3) is 0.0769. The van der Waals surface area contributed by atoms with Gasteiger partial charge in [-0.3, -0.25) is 0 Å². The van der Waals surface area contributed by atoms with Crippen LogP contribution in [0.15, 0.2) is 30.3 Å². The molecule has 0 saturated carbocycles. The van der Waals surface area contributed by atoms with Crippen molar-refractivity contribution in [2.75, 3.05) is 5.32 Å². The van der Waals surface area contributed by atoms with E-state index in [1.54, 1.807) is 19.1 Å². The van der Waals surface area contributed by atoms with E-state index in [-0.39, 0.29) is 0 Å². The molecule has 1 heterocycles. The molecule has 2 aromatic rings. The number of nitrogens with one attached hydrogen (secondary N) is 1. The van der Waals surface area contributed by atoms with Crippen LogP contribution in [0, 0.1) is 24.1 Å². The number of hydrogen-bond donors (Lipinski definition) is 1. The number of pyridine rings is 1. The van der Waals surface area contributed by atoms with Gasteiger partial charge in [0.1, 0.15) is 11.6 Å². The summed E-state index contributed by atoms with van der Waals surface area (Å²) in [6.45, 7) is 1.78. The Morgan fingerprint density at radius 3 is 2.83 bits per heavy atom. The van der Waals surface area contributed by atoms with Crippen LogP contribution < -0.4 is 5.32 Å². The highest BCUT2D eigenvalue weighted by atomic mass is 35.5. The van der Waals surface area contributed by atoms with Gasteiger partial charge >= 0.3 is 0 Å². The molecule has 90 valence electrons. The number of benzene rings is 1. The number of aromatic nitrogens is 1. The van der Waals surface area contributed by atoms with Crippen molar-refractivity contribution in [1.29, 1.82) is 5.26 Å². The van der Waals surface area contributed by atoms with Crippen LogP contribution >= 0.6 is 11.6 Å². The van der Waals surface area contributed by atoms with Crippen molar-refractivity contribution in [3.63, 3.8) is 0 Å². The summed E-state index contributed by atoms with van der Waals surface area (Å²) < 4.78 is 13.1. The fourth-order valence-electron chi connectivity index (χ4n) is 1.53. The summed E-state index contributed by atoms with van der Waals surface area (Å²) in [7, 11) is 0. The third-order valence-corrected chi connectivity index (χ3v) is 2.60. The Bertz CT molecular complexity index is 635. The predicted molar refractivity (Wildman–Crippen MR) is 68.4 cm³/mol. The highest BCUT2D eigenvalue weighted by Gasteiger charge is 2.05. The first-order valence-corrected chi connectivity index (χ1v) is 5.57. The monoisotopic (exact) mass is 261 g/mol. The Hall–Kier alpha value is -2.12. The zero-order chi connectivity index (χ0) is 13.1. The number of anilines is 2. The van der Waals surface area contributed by atoms with Gasteiger partial charge in [0.05, 0.1) is 22.3 Å². The molecular weight excluding hydrogens is 253 g/mol. The van der Waals surface area contributed by atoms with E-state index in [0.29, 0.717) is 27.8 Å². The minimum Gasteiger partial charge on any atom is -0.339 e. The molecule has 0 aliphatic rings. The van der Waals surface area contributed by atoms with Crippen molar-refractivity contribution in [3.05, 3.63) is 52.4 Å². The maximum Gasteiger partial charge on any atom is 0.131 e. The average molecular weight is 262 g/mol. The quantitative estimate of drug-likeness (QED) is 0.895. The molecule has 5 heteroatoms. The number of hydrogen-bond acceptors (Lipinski definition) is 3. The van der Waals surface area contributed by atoms with E-state index in [2.05, 4.69) is 10.3 Å². The Morgan fingerprint density at radius 2 is 2.11 bits per heavy atom. The molecule has 0 amide bonds. The van der Waals surface area contributed by atoms with Gasteiger partial charge in [0.15, 0.2) is 0 Å². The van der Waals surface area contributed by atoms with E-state index >= 15 is 0 Å². The zero-order valence-electron chi connectivity index (χ0n) is 9.54. The van der Waals surface area contributed by atoms with Crippen molar-refractivity contribution in [2.24, 2.45) is 0 Å². The van der Waals surface area contributed by atoms with Crippen molar-refractivity contribution in [1.82, 2.24) is 4.98 Å². The van der Waals surface area contributed by atoms with E-state index in [1.165, 1.54) is 18.2 Å². The molecule has 0 radical (unpaired) electrons. The summed E-state index contributed by atoms with van der Waals surface area (Å²) >= 11 is 5.94. The van der Waals surface area contributed by atoms with Crippen molar-refractivity contribution in [3.8, 4) is 6.07 Å². The minimum absolute atomic E-state index is 0.387. The van der Waals surface area contributed by atoms with Gasteiger partial charge < -0.3 is 5.32 Å². The predicted octanol–water partition coefficient (Wildman–Crippen LogP) is 3.80. The van der Waals surface area contributed by atoms with E-state index in [9.17, 15) is 4.39 Å². The molecule has 1 aromatic carbocycles. The second kappa shape index (κ2) is 5.03. The Morgan fingerprint density at radius 1 is 1.33 bits per heavy atom. The molecule has 3 nitrogen and oxygen atoms in total. The molecule has 0 aliphatic carbocycles. The number of nitrogens with zero attached hydrogens (tertiary/aromatic N) is 2. The van der Waals surface area contributed by atoms with Crippen LogP contribution in [0.4, 0.5) is 15.9 Å². The average Bonchev–Trinajstić information content (AvgIpc) is 2.33. The molecule has 0 saturated heterocycles. The molecule has 0 atom stereocenters. The highest BCUT2D eigenvalue weighted by Crippen LogP contribution is 2.25. The number of nitriles is 1. The lowest BCUT2D eigenvalue weighted by Gasteiger charge is -2.08. The first kappa shape index (κ1) is 12.3. The van der Waals surface area contributed by atoms with Crippen LogP contribution in [-0.4, -0.2) is 4.98 Å². The lowest BCUT2D eigenvalue weighted by atomic mass is 10.2. The van der Waals surface area contributed by atoms with Gasteiger partial charge in [-0.25, -0.2) is 9.37 Å². The normalized spacial score (nSPS) is 9.89. The highest BCUT2D eigenvalue weighted by molar-refractivity contribution is 6.33. The first-order valence-electron chi connectivity index (χ1n) is 5.19. The summed E-state index contributed by atoms with van der Waals surface area (Å²) in [4.78, 5) is 4.20. The number of halogens is 2. The second-order valence-corrected chi connectivity index (χ2v) is 4.15. The summed E-state index contributed by atoms with van der Waals surface area (Å²) in [5, 5.41) is 12.1. The molecule has 0 spiro atoms. The fourth-order valence-corrected chi connectivity index (χ4v) is 1.69. The first-order chi connectivity index (χ1) is 8.58.